The quantitative estimate of drug-likeness (QED) is 0.797. The number of rotatable bonds is 3. The van der Waals surface area contributed by atoms with Crippen LogP contribution >= 0.6 is 0 Å². The van der Waals surface area contributed by atoms with E-state index >= 15 is 0 Å². The van der Waals surface area contributed by atoms with Gasteiger partial charge in [0.1, 0.15) is 0 Å². The van der Waals surface area contributed by atoms with Crippen molar-refractivity contribution in [3.63, 3.8) is 0 Å². The van der Waals surface area contributed by atoms with E-state index in [0.717, 1.165) is 17.3 Å². The summed E-state index contributed by atoms with van der Waals surface area (Å²) in [7, 11) is 0. The first-order valence-electron chi connectivity index (χ1n) is 4.94. The summed E-state index contributed by atoms with van der Waals surface area (Å²) < 4.78 is 1.49. The number of para-hydroxylation sites is 1. The predicted molar refractivity (Wildman–Crippen MR) is 60.6 cm³/mol. The third-order valence-electron chi connectivity index (χ3n) is 2.21. The molecular weight excluding hydrogens is 220 g/mol. The molecular formula is C11H10N4O2. The number of aromatic nitrogens is 4. The first-order valence-corrected chi connectivity index (χ1v) is 4.94. The standard InChI is InChI=1S/C11H10N4O2/c1-8-4-2-3-5-9(8)15-10(12-13-14-15)6-7-11(16)17/h2-7H,1H3,(H,16,17)/b7-6+. The second-order valence-electron chi connectivity index (χ2n) is 3.41. The van der Waals surface area contributed by atoms with Crippen molar-refractivity contribution >= 4 is 12.0 Å². The molecule has 6 nitrogen and oxygen atoms in total. The fraction of sp³-hybridized carbons (Fsp3) is 0.0909. The molecule has 2 aromatic rings. The fourth-order valence-electron chi connectivity index (χ4n) is 1.42. The number of hydrogen-bond acceptors (Lipinski definition) is 4. The largest absolute Gasteiger partial charge is 0.478 e. The van der Waals surface area contributed by atoms with Gasteiger partial charge in [-0.25, -0.2) is 4.79 Å². The van der Waals surface area contributed by atoms with Crippen LogP contribution in [0, 0.1) is 6.92 Å². The number of nitrogens with zero attached hydrogens (tertiary/aromatic N) is 4. The molecule has 1 heterocycles. The van der Waals surface area contributed by atoms with Crippen molar-refractivity contribution in [3.8, 4) is 5.69 Å². The highest BCUT2D eigenvalue weighted by Gasteiger charge is 2.07. The van der Waals surface area contributed by atoms with Gasteiger partial charge in [0, 0.05) is 6.08 Å². The molecule has 1 aromatic carbocycles. The minimum atomic E-state index is -1.04. The molecule has 0 radical (unpaired) electrons. The number of benzene rings is 1. The van der Waals surface area contributed by atoms with Gasteiger partial charge in [-0.05, 0) is 35.1 Å². The number of aryl methyl sites for hydroxylation is 1. The van der Waals surface area contributed by atoms with Crippen LogP contribution in [0.5, 0.6) is 0 Å². The maximum atomic E-state index is 10.4. The Morgan fingerprint density at radius 2 is 2.18 bits per heavy atom. The molecule has 86 valence electrons. The van der Waals surface area contributed by atoms with Crippen LogP contribution in [0.15, 0.2) is 30.3 Å². The topological polar surface area (TPSA) is 80.9 Å². The van der Waals surface area contributed by atoms with Crippen LogP contribution < -0.4 is 0 Å². The lowest BCUT2D eigenvalue weighted by molar-refractivity contribution is -0.131. The first-order chi connectivity index (χ1) is 8.18. The van der Waals surface area contributed by atoms with Crippen LogP contribution in [-0.4, -0.2) is 31.3 Å². The van der Waals surface area contributed by atoms with Gasteiger partial charge in [0.05, 0.1) is 5.69 Å². The lowest BCUT2D eigenvalue weighted by atomic mass is 10.2. The Bertz CT molecular complexity index is 574. The molecule has 6 heteroatoms. The molecule has 1 aromatic heterocycles. The van der Waals surface area contributed by atoms with E-state index in [1.165, 1.54) is 10.8 Å². The van der Waals surface area contributed by atoms with Crippen LogP contribution in [0.1, 0.15) is 11.4 Å². The number of carboxylic acid groups (broad SMARTS) is 1. The van der Waals surface area contributed by atoms with Crippen LogP contribution in [0.2, 0.25) is 0 Å². The zero-order valence-electron chi connectivity index (χ0n) is 9.11. The third kappa shape index (κ3) is 2.36. The van der Waals surface area contributed by atoms with E-state index in [2.05, 4.69) is 15.5 Å². The Morgan fingerprint density at radius 1 is 1.41 bits per heavy atom. The maximum absolute atomic E-state index is 10.4. The highest BCUT2D eigenvalue weighted by Crippen LogP contribution is 2.13. The SMILES string of the molecule is Cc1ccccc1-n1nnnc1/C=C/C(=O)O. The summed E-state index contributed by atoms with van der Waals surface area (Å²) in [6.45, 7) is 1.93. The van der Waals surface area contributed by atoms with Crippen molar-refractivity contribution in [2.75, 3.05) is 0 Å². The van der Waals surface area contributed by atoms with Crippen molar-refractivity contribution in [3.05, 3.63) is 41.7 Å². The van der Waals surface area contributed by atoms with Gasteiger partial charge in [0.2, 0.25) is 0 Å². The minimum absolute atomic E-state index is 0.377. The zero-order chi connectivity index (χ0) is 12.3. The monoisotopic (exact) mass is 230 g/mol. The Morgan fingerprint density at radius 3 is 2.88 bits per heavy atom. The van der Waals surface area contributed by atoms with Crippen LogP contribution in [-0.2, 0) is 4.79 Å². The molecule has 0 saturated heterocycles. The molecule has 0 unspecified atom stereocenters. The van der Waals surface area contributed by atoms with E-state index in [0.29, 0.717) is 5.82 Å². The molecule has 2 rings (SSSR count). The van der Waals surface area contributed by atoms with Crippen molar-refractivity contribution < 1.29 is 9.90 Å². The average Bonchev–Trinajstić information content (AvgIpc) is 2.75. The van der Waals surface area contributed by atoms with Gasteiger partial charge >= 0.3 is 5.97 Å². The Hall–Kier alpha value is -2.50. The summed E-state index contributed by atoms with van der Waals surface area (Å²) in [5.74, 6) is -0.661. The normalized spacial score (nSPS) is 10.9. The molecule has 0 aliphatic rings. The van der Waals surface area contributed by atoms with Crippen LogP contribution in [0.3, 0.4) is 0 Å². The zero-order valence-corrected chi connectivity index (χ0v) is 9.11. The Labute approximate surface area is 97.2 Å². The summed E-state index contributed by atoms with van der Waals surface area (Å²) >= 11 is 0. The molecule has 0 amide bonds. The fourth-order valence-corrected chi connectivity index (χ4v) is 1.42. The lowest BCUT2D eigenvalue weighted by Crippen LogP contribution is -2.02. The summed E-state index contributed by atoms with van der Waals surface area (Å²) in [5.41, 5.74) is 1.83. The second kappa shape index (κ2) is 4.56. The highest BCUT2D eigenvalue weighted by atomic mass is 16.4. The number of tetrazole rings is 1. The minimum Gasteiger partial charge on any atom is -0.478 e. The van der Waals surface area contributed by atoms with Gasteiger partial charge in [0.25, 0.3) is 0 Å². The molecule has 17 heavy (non-hydrogen) atoms. The van der Waals surface area contributed by atoms with Gasteiger partial charge in [-0.2, -0.15) is 4.68 Å². The van der Waals surface area contributed by atoms with Crippen molar-refractivity contribution in [1.29, 1.82) is 0 Å². The van der Waals surface area contributed by atoms with Crippen molar-refractivity contribution in [2.45, 2.75) is 6.92 Å². The summed E-state index contributed by atoms with van der Waals surface area (Å²) in [5, 5.41) is 19.7. The molecule has 0 fully saturated rings. The number of carboxylic acids is 1. The van der Waals surface area contributed by atoms with E-state index in [-0.39, 0.29) is 0 Å². The molecule has 1 N–H and O–H groups in total. The molecule has 0 bridgehead atoms. The smallest absolute Gasteiger partial charge is 0.328 e. The second-order valence-corrected chi connectivity index (χ2v) is 3.41. The van der Waals surface area contributed by atoms with E-state index in [9.17, 15) is 4.79 Å². The molecule has 0 spiro atoms. The van der Waals surface area contributed by atoms with Gasteiger partial charge in [-0.15, -0.1) is 5.10 Å². The average molecular weight is 230 g/mol. The maximum Gasteiger partial charge on any atom is 0.328 e. The molecule has 0 aliphatic heterocycles. The highest BCUT2D eigenvalue weighted by molar-refractivity contribution is 5.84. The van der Waals surface area contributed by atoms with Gasteiger partial charge in [-0.3, -0.25) is 0 Å². The first kappa shape index (κ1) is 11.0. The van der Waals surface area contributed by atoms with Crippen molar-refractivity contribution in [2.24, 2.45) is 0 Å². The van der Waals surface area contributed by atoms with Gasteiger partial charge in [0.15, 0.2) is 5.82 Å². The number of aliphatic carboxylic acids is 1. The third-order valence-corrected chi connectivity index (χ3v) is 2.21. The Balaban J connectivity index is 2.44. The van der Waals surface area contributed by atoms with E-state index < -0.39 is 5.97 Å². The van der Waals surface area contributed by atoms with Gasteiger partial charge < -0.3 is 5.11 Å². The van der Waals surface area contributed by atoms with E-state index in [1.54, 1.807) is 0 Å². The van der Waals surface area contributed by atoms with Crippen LogP contribution in [0.4, 0.5) is 0 Å². The number of hydrogen-bond donors (Lipinski definition) is 1. The molecule has 0 atom stereocenters. The summed E-state index contributed by atoms with van der Waals surface area (Å²) in [6.07, 6.45) is 2.36. The predicted octanol–water partition coefficient (Wildman–Crippen LogP) is 1.07. The van der Waals surface area contributed by atoms with Crippen molar-refractivity contribution in [1.82, 2.24) is 20.2 Å². The number of carbonyl (C=O) groups is 1. The Kier molecular flexibility index (Phi) is 2.95. The van der Waals surface area contributed by atoms with E-state index in [4.69, 9.17) is 5.11 Å². The van der Waals surface area contributed by atoms with Gasteiger partial charge in [-0.1, -0.05) is 18.2 Å². The molecule has 0 saturated carbocycles. The lowest BCUT2D eigenvalue weighted by Gasteiger charge is -2.04. The summed E-state index contributed by atoms with van der Waals surface area (Å²) in [4.78, 5) is 10.4. The van der Waals surface area contributed by atoms with E-state index in [1.807, 2.05) is 31.2 Å². The molecule has 0 aliphatic carbocycles. The van der Waals surface area contributed by atoms with Crippen LogP contribution in [0.25, 0.3) is 11.8 Å². The summed E-state index contributed by atoms with van der Waals surface area (Å²) in [6, 6.07) is 7.58.